The molecule has 0 atom stereocenters. The predicted octanol–water partition coefficient (Wildman–Crippen LogP) is 2.68. The summed E-state index contributed by atoms with van der Waals surface area (Å²) >= 11 is 1.35. The highest BCUT2D eigenvalue weighted by atomic mass is 32.2. The van der Waals surface area contributed by atoms with Crippen molar-refractivity contribution in [3.63, 3.8) is 0 Å². The molecule has 0 radical (unpaired) electrons. The summed E-state index contributed by atoms with van der Waals surface area (Å²) in [7, 11) is -1.59. The number of hydrogen-bond donors (Lipinski definition) is 2. The molecule has 0 unspecified atom stereocenters. The highest BCUT2D eigenvalue weighted by Gasteiger charge is 2.23. The molecule has 0 aliphatic heterocycles. The summed E-state index contributed by atoms with van der Waals surface area (Å²) in [5.41, 5.74) is 0. The second-order valence-corrected chi connectivity index (χ2v) is 9.03. The molecule has 0 saturated carbocycles. The molecular formula is C17H32N4O2S2. The average molecular weight is 389 g/mol. The standard InChI is InChI=1S/C17H32N4O2S2/c1-5-8-9-13-19-17(18-4)20-14-12-15-10-11-16(24-15)25(22,23)21(6-2)7-3/h10-11H,5-9,12-14H2,1-4H3,(H2,18,19,20). The lowest BCUT2D eigenvalue weighted by atomic mass is 10.2. The van der Waals surface area contributed by atoms with E-state index in [1.54, 1.807) is 13.1 Å². The summed E-state index contributed by atoms with van der Waals surface area (Å²) in [5, 5.41) is 6.56. The van der Waals surface area contributed by atoms with Crippen LogP contribution in [0.5, 0.6) is 0 Å². The number of rotatable bonds is 11. The van der Waals surface area contributed by atoms with Crippen molar-refractivity contribution in [2.24, 2.45) is 4.99 Å². The van der Waals surface area contributed by atoms with Crippen LogP contribution in [0, 0.1) is 0 Å². The van der Waals surface area contributed by atoms with Gasteiger partial charge in [-0.25, -0.2) is 8.42 Å². The number of unbranched alkanes of at least 4 members (excludes halogenated alkanes) is 2. The van der Waals surface area contributed by atoms with Crippen molar-refractivity contribution in [3.05, 3.63) is 17.0 Å². The lowest BCUT2D eigenvalue weighted by Gasteiger charge is -2.16. The van der Waals surface area contributed by atoms with Crippen molar-refractivity contribution >= 4 is 27.3 Å². The van der Waals surface area contributed by atoms with E-state index in [1.807, 2.05) is 19.9 Å². The van der Waals surface area contributed by atoms with Crippen LogP contribution in [-0.2, 0) is 16.4 Å². The first-order valence-electron chi connectivity index (χ1n) is 9.02. The average Bonchev–Trinajstić information content (AvgIpc) is 3.07. The molecule has 1 aromatic heterocycles. The molecule has 0 fully saturated rings. The van der Waals surface area contributed by atoms with Crippen molar-refractivity contribution in [2.45, 2.75) is 50.7 Å². The first-order chi connectivity index (χ1) is 12.0. The normalized spacial score (nSPS) is 12.6. The SMILES string of the molecule is CCCCCNC(=NC)NCCc1ccc(S(=O)(=O)N(CC)CC)s1. The molecule has 25 heavy (non-hydrogen) atoms. The van der Waals surface area contributed by atoms with Crippen LogP contribution in [-0.4, -0.2) is 51.9 Å². The van der Waals surface area contributed by atoms with Crippen LogP contribution in [0.25, 0.3) is 0 Å². The van der Waals surface area contributed by atoms with Crippen LogP contribution in [0.3, 0.4) is 0 Å². The van der Waals surface area contributed by atoms with Crippen molar-refractivity contribution in [1.29, 1.82) is 0 Å². The van der Waals surface area contributed by atoms with Gasteiger partial charge in [0.15, 0.2) is 5.96 Å². The van der Waals surface area contributed by atoms with E-state index in [2.05, 4.69) is 22.5 Å². The Bertz CT molecular complexity index is 622. The van der Waals surface area contributed by atoms with Gasteiger partial charge in [0.1, 0.15) is 4.21 Å². The summed E-state index contributed by atoms with van der Waals surface area (Å²) in [4.78, 5) is 5.26. The fourth-order valence-corrected chi connectivity index (χ4v) is 5.40. The van der Waals surface area contributed by atoms with Crippen molar-refractivity contribution in [2.75, 3.05) is 33.2 Å². The van der Waals surface area contributed by atoms with Crippen molar-refractivity contribution in [3.8, 4) is 0 Å². The smallest absolute Gasteiger partial charge is 0.252 e. The molecule has 0 amide bonds. The van der Waals surface area contributed by atoms with Gasteiger partial charge in [0.2, 0.25) is 0 Å². The summed E-state index contributed by atoms with van der Waals surface area (Å²) in [6, 6.07) is 3.62. The molecule has 6 nitrogen and oxygen atoms in total. The zero-order chi connectivity index (χ0) is 18.7. The molecule has 8 heteroatoms. The number of hydrogen-bond acceptors (Lipinski definition) is 4. The number of aliphatic imine (C=N–C) groups is 1. The van der Waals surface area contributed by atoms with Gasteiger partial charge >= 0.3 is 0 Å². The Morgan fingerprint density at radius 2 is 1.80 bits per heavy atom. The first-order valence-corrected chi connectivity index (χ1v) is 11.3. The topological polar surface area (TPSA) is 73.8 Å². The van der Waals surface area contributed by atoms with Crippen LogP contribution in [0.2, 0.25) is 0 Å². The fraction of sp³-hybridized carbons (Fsp3) is 0.706. The number of nitrogens with zero attached hydrogens (tertiary/aromatic N) is 2. The van der Waals surface area contributed by atoms with E-state index in [4.69, 9.17) is 0 Å². The fourth-order valence-electron chi connectivity index (χ4n) is 2.43. The van der Waals surface area contributed by atoms with Gasteiger partial charge in [0.25, 0.3) is 10.0 Å². The molecule has 0 aromatic carbocycles. The van der Waals surface area contributed by atoms with E-state index in [-0.39, 0.29) is 0 Å². The van der Waals surface area contributed by atoms with Gasteiger partial charge in [-0.1, -0.05) is 33.6 Å². The van der Waals surface area contributed by atoms with E-state index in [0.29, 0.717) is 17.3 Å². The summed E-state index contributed by atoms with van der Waals surface area (Å²) in [5.74, 6) is 0.795. The molecular weight excluding hydrogens is 356 g/mol. The van der Waals surface area contributed by atoms with Crippen LogP contribution in [0.1, 0.15) is 44.9 Å². The number of guanidine groups is 1. The maximum atomic E-state index is 12.5. The Kier molecular flexibility index (Phi) is 10.1. The van der Waals surface area contributed by atoms with Crippen LogP contribution in [0.15, 0.2) is 21.3 Å². The quantitative estimate of drug-likeness (QED) is 0.347. The second kappa shape index (κ2) is 11.5. The Morgan fingerprint density at radius 3 is 2.40 bits per heavy atom. The minimum atomic E-state index is -3.35. The highest BCUT2D eigenvalue weighted by molar-refractivity contribution is 7.91. The monoisotopic (exact) mass is 388 g/mol. The molecule has 0 aliphatic carbocycles. The largest absolute Gasteiger partial charge is 0.356 e. The third kappa shape index (κ3) is 6.95. The molecule has 1 rings (SSSR count). The first kappa shape index (κ1) is 21.9. The third-order valence-electron chi connectivity index (χ3n) is 3.90. The summed E-state index contributed by atoms with van der Waals surface area (Å²) in [6.07, 6.45) is 4.32. The van der Waals surface area contributed by atoms with Crippen LogP contribution in [0.4, 0.5) is 0 Å². The maximum absolute atomic E-state index is 12.5. The van der Waals surface area contributed by atoms with Gasteiger partial charge in [-0.2, -0.15) is 4.31 Å². The molecule has 0 bridgehead atoms. The summed E-state index contributed by atoms with van der Waals surface area (Å²) in [6.45, 7) is 8.53. The minimum absolute atomic E-state index is 0.424. The third-order valence-corrected chi connectivity index (χ3v) is 7.56. The molecule has 144 valence electrons. The lowest BCUT2D eigenvalue weighted by molar-refractivity contribution is 0.447. The Hall–Kier alpha value is -1.12. The minimum Gasteiger partial charge on any atom is -0.356 e. The Balaban J connectivity index is 2.50. The van der Waals surface area contributed by atoms with Gasteiger partial charge in [-0.3, -0.25) is 4.99 Å². The summed E-state index contributed by atoms with van der Waals surface area (Å²) < 4.78 is 26.9. The van der Waals surface area contributed by atoms with E-state index in [9.17, 15) is 8.42 Å². The van der Waals surface area contributed by atoms with E-state index >= 15 is 0 Å². The van der Waals surface area contributed by atoms with E-state index < -0.39 is 10.0 Å². The van der Waals surface area contributed by atoms with Gasteiger partial charge in [-0.15, -0.1) is 11.3 Å². The van der Waals surface area contributed by atoms with Gasteiger partial charge in [0, 0.05) is 38.1 Å². The molecule has 0 spiro atoms. The number of thiophene rings is 1. The van der Waals surface area contributed by atoms with Crippen molar-refractivity contribution < 1.29 is 8.42 Å². The predicted molar refractivity (Wildman–Crippen MR) is 107 cm³/mol. The number of sulfonamides is 1. The second-order valence-electron chi connectivity index (χ2n) is 5.69. The van der Waals surface area contributed by atoms with Crippen molar-refractivity contribution in [1.82, 2.24) is 14.9 Å². The zero-order valence-corrected chi connectivity index (χ0v) is 17.5. The highest BCUT2D eigenvalue weighted by Crippen LogP contribution is 2.25. The van der Waals surface area contributed by atoms with Crippen LogP contribution >= 0.6 is 11.3 Å². The Morgan fingerprint density at radius 1 is 1.12 bits per heavy atom. The van der Waals surface area contributed by atoms with Crippen LogP contribution < -0.4 is 10.6 Å². The Labute approximate surface area is 156 Å². The maximum Gasteiger partial charge on any atom is 0.252 e. The molecule has 2 N–H and O–H groups in total. The lowest BCUT2D eigenvalue weighted by Crippen LogP contribution is -2.38. The van der Waals surface area contributed by atoms with E-state index in [0.717, 1.165) is 36.8 Å². The van der Waals surface area contributed by atoms with Gasteiger partial charge in [-0.05, 0) is 25.0 Å². The molecule has 1 aromatic rings. The molecule has 0 saturated heterocycles. The van der Waals surface area contributed by atoms with Gasteiger partial charge in [0.05, 0.1) is 0 Å². The van der Waals surface area contributed by atoms with E-state index in [1.165, 1.54) is 28.5 Å². The van der Waals surface area contributed by atoms with Gasteiger partial charge < -0.3 is 10.6 Å². The molecule has 1 heterocycles. The number of nitrogens with one attached hydrogen (secondary N) is 2. The zero-order valence-electron chi connectivity index (χ0n) is 15.8. The molecule has 0 aliphatic rings.